The molecule has 0 N–H and O–H groups in total. The van der Waals surface area contributed by atoms with Crippen LogP contribution in [0.3, 0.4) is 0 Å². The van der Waals surface area contributed by atoms with E-state index in [0.717, 1.165) is 16.9 Å². The fourth-order valence-electron chi connectivity index (χ4n) is 2.68. The van der Waals surface area contributed by atoms with E-state index in [-0.39, 0.29) is 11.2 Å². The van der Waals surface area contributed by atoms with Crippen LogP contribution >= 0.6 is 0 Å². The number of fused-ring (bicyclic) bond motifs is 2. The summed E-state index contributed by atoms with van der Waals surface area (Å²) in [6, 6.07) is 3.85. The van der Waals surface area contributed by atoms with Crippen LogP contribution in [0.4, 0.5) is 0 Å². The maximum absolute atomic E-state index is 12.0. The summed E-state index contributed by atoms with van der Waals surface area (Å²) in [5.41, 5.74) is 1.80. The molecule has 0 bridgehead atoms. The van der Waals surface area contributed by atoms with Crippen molar-refractivity contribution in [2.75, 3.05) is 13.2 Å². The number of carbonyl (C=O) groups excluding carboxylic acids is 1. The van der Waals surface area contributed by atoms with Gasteiger partial charge in [-0.15, -0.1) is 0 Å². The standard InChI is InChI=1S/C15H18O3/c1-9-7-17-13-4-10-11(5-14(13)18-8-9)15(2,3)6-12(10)16/h4-5,9H,6-8H2,1-3H3. The van der Waals surface area contributed by atoms with E-state index in [4.69, 9.17) is 9.47 Å². The second-order valence-electron chi connectivity index (χ2n) is 6.06. The van der Waals surface area contributed by atoms with Gasteiger partial charge in [-0.3, -0.25) is 4.79 Å². The number of hydrogen-bond donors (Lipinski definition) is 0. The summed E-state index contributed by atoms with van der Waals surface area (Å²) in [7, 11) is 0. The molecule has 2 aliphatic rings. The molecular formula is C15H18O3. The number of ketones is 1. The zero-order valence-corrected chi connectivity index (χ0v) is 11.1. The van der Waals surface area contributed by atoms with Crippen molar-refractivity contribution in [1.29, 1.82) is 0 Å². The molecule has 0 radical (unpaired) electrons. The maximum atomic E-state index is 12.0. The van der Waals surface area contributed by atoms with E-state index in [1.807, 2.05) is 12.1 Å². The Bertz CT molecular complexity index is 517. The van der Waals surface area contributed by atoms with Gasteiger partial charge in [0, 0.05) is 17.9 Å². The molecule has 0 amide bonds. The molecule has 1 aromatic carbocycles. The highest BCUT2D eigenvalue weighted by Crippen LogP contribution is 2.44. The Balaban J connectivity index is 2.10. The van der Waals surface area contributed by atoms with Crippen LogP contribution in [0.5, 0.6) is 11.5 Å². The highest BCUT2D eigenvalue weighted by atomic mass is 16.5. The fraction of sp³-hybridized carbons (Fsp3) is 0.533. The van der Waals surface area contributed by atoms with Gasteiger partial charge < -0.3 is 9.47 Å². The molecule has 3 nitrogen and oxygen atoms in total. The number of carbonyl (C=O) groups is 1. The van der Waals surface area contributed by atoms with E-state index in [1.165, 1.54) is 0 Å². The van der Waals surface area contributed by atoms with E-state index in [0.29, 0.717) is 31.3 Å². The Morgan fingerprint density at radius 2 is 1.78 bits per heavy atom. The normalized spacial score (nSPS) is 24.6. The monoisotopic (exact) mass is 246 g/mol. The second kappa shape index (κ2) is 3.74. The quantitative estimate of drug-likeness (QED) is 0.706. The molecule has 0 spiro atoms. The SMILES string of the molecule is CC1COc2cc3c(cc2OC1)C(C)(C)CC3=O. The third-order valence-corrected chi connectivity index (χ3v) is 3.76. The summed E-state index contributed by atoms with van der Waals surface area (Å²) in [6.07, 6.45) is 0.571. The van der Waals surface area contributed by atoms with Crippen LogP contribution < -0.4 is 9.47 Å². The lowest BCUT2D eigenvalue weighted by Crippen LogP contribution is -2.13. The average molecular weight is 246 g/mol. The van der Waals surface area contributed by atoms with Crippen molar-refractivity contribution >= 4 is 5.78 Å². The van der Waals surface area contributed by atoms with Crippen LogP contribution in [0, 0.1) is 5.92 Å². The van der Waals surface area contributed by atoms with Gasteiger partial charge in [-0.1, -0.05) is 20.8 Å². The van der Waals surface area contributed by atoms with Gasteiger partial charge in [-0.05, 0) is 23.1 Å². The van der Waals surface area contributed by atoms with Crippen molar-refractivity contribution in [2.45, 2.75) is 32.6 Å². The highest BCUT2D eigenvalue weighted by Gasteiger charge is 2.37. The number of rotatable bonds is 0. The molecule has 1 aromatic rings. The van der Waals surface area contributed by atoms with E-state index >= 15 is 0 Å². The molecule has 1 unspecified atom stereocenters. The van der Waals surface area contributed by atoms with Crippen molar-refractivity contribution in [1.82, 2.24) is 0 Å². The highest BCUT2D eigenvalue weighted by molar-refractivity contribution is 6.02. The molecule has 1 aliphatic heterocycles. The van der Waals surface area contributed by atoms with Gasteiger partial charge in [0.05, 0.1) is 13.2 Å². The van der Waals surface area contributed by atoms with Gasteiger partial charge in [0.15, 0.2) is 17.3 Å². The lowest BCUT2D eigenvalue weighted by molar-refractivity contribution is 0.0979. The maximum Gasteiger partial charge on any atom is 0.164 e. The van der Waals surface area contributed by atoms with E-state index in [2.05, 4.69) is 20.8 Å². The van der Waals surface area contributed by atoms with Crippen molar-refractivity contribution in [3.63, 3.8) is 0 Å². The molecule has 18 heavy (non-hydrogen) atoms. The first-order chi connectivity index (χ1) is 8.47. The Morgan fingerprint density at radius 3 is 2.44 bits per heavy atom. The number of ether oxygens (including phenoxy) is 2. The van der Waals surface area contributed by atoms with Gasteiger partial charge >= 0.3 is 0 Å². The third kappa shape index (κ3) is 1.69. The molecular weight excluding hydrogens is 228 g/mol. The summed E-state index contributed by atoms with van der Waals surface area (Å²) in [5.74, 6) is 2.07. The first-order valence-corrected chi connectivity index (χ1v) is 6.45. The van der Waals surface area contributed by atoms with Crippen LogP contribution in [-0.2, 0) is 5.41 Å². The van der Waals surface area contributed by atoms with Crippen LogP contribution in [0.1, 0.15) is 43.1 Å². The summed E-state index contributed by atoms with van der Waals surface area (Å²) in [6.45, 7) is 7.60. The van der Waals surface area contributed by atoms with Gasteiger partial charge in [0.1, 0.15) is 0 Å². The Kier molecular flexibility index (Phi) is 2.40. The lowest BCUT2D eigenvalue weighted by Gasteiger charge is -2.19. The molecule has 0 fully saturated rings. The van der Waals surface area contributed by atoms with E-state index in [1.54, 1.807) is 0 Å². The smallest absolute Gasteiger partial charge is 0.164 e. The summed E-state index contributed by atoms with van der Waals surface area (Å²) >= 11 is 0. The van der Waals surface area contributed by atoms with Gasteiger partial charge in [0.25, 0.3) is 0 Å². The van der Waals surface area contributed by atoms with Crippen LogP contribution in [-0.4, -0.2) is 19.0 Å². The van der Waals surface area contributed by atoms with E-state index < -0.39 is 0 Å². The average Bonchev–Trinajstić information content (AvgIpc) is 2.47. The van der Waals surface area contributed by atoms with E-state index in [9.17, 15) is 4.79 Å². The largest absolute Gasteiger partial charge is 0.489 e. The Hall–Kier alpha value is -1.51. The molecule has 0 saturated heterocycles. The van der Waals surface area contributed by atoms with Gasteiger partial charge in [0.2, 0.25) is 0 Å². The number of benzene rings is 1. The number of Topliss-reactive ketones (excluding diaryl/α,β-unsaturated/α-hetero) is 1. The molecule has 1 atom stereocenters. The third-order valence-electron chi connectivity index (χ3n) is 3.76. The Morgan fingerprint density at radius 1 is 1.17 bits per heavy atom. The molecule has 3 rings (SSSR count). The van der Waals surface area contributed by atoms with Gasteiger partial charge in [-0.2, -0.15) is 0 Å². The van der Waals surface area contributed by atoms with Crippen molar-refractivity contribution in [3.8, 4) is 11.5 Å². The molecule has 96 valence electrons. The minimum Gasteiger partial charge on any atom is -0.489 e. The lowest BCUT2D eigenvalue weighted by atomic mass is 9.86. The molecule has 1 heterocycles. The predicted octanol–water partition coefficient (Wildman–Crippen LogP) is 2.96. The first kappa shape index (κ1) is 11.6. The summed E-state index contributed by atoms with van der Waals surface area (Å²) in [4.78, 5) is 12.0. The van der Waals surface area contributed by atoms with Gasteiger partial charge in [-0.25, -0.2) is 0 Å². The molecule has 1 aliphatic carbocycles. The second-order valence-corrected chi connectivity index (χ2v) is 6.06. The predicted molar refractivity (Wildman–Crippen MR) is 68.6 cm³/mol. The first-order valence-electron chi connectivity index (χ1n) is 6.45. The summed E-state index contributed by atoms with van der Waals surface area (Å²) < 4.78 is 11.5. The van der Waals surface area contributed by atoms with Crippen molar-refractivity contribution in [2.24, 2.45) is 5.92 Å². The minimum absolute atomic E-state index is 0.0945. The molecule has 3 heteroatoms. The van der Waals surface area contributed by atoms with Crippen LogP contribution in [0.2, 0.25) is 0 Å². The topological polar surface area (TPSA) is 35.5 Å². The van der Waals surface area contributed by atoms with Crippen molar-refractivity contribution in [3.05, 3.63) is 23.3 Å². The zero-order valence-electron chi connectivity index (χ0n) is 11.1. The summed E-state index contributed by atoms with van der Waals surface area (Å²) in [5, 5.41) is 0. The molecule has 0 saturated carbocycles. The van der Waals surface area contributed by atoms with Crippen LogP contribution in [0.25, 0.3) is 0 Å². The van der Waals surface area contributed by atoms with Crippen LogP contribution in [0.15, 0.2) is 12.1 Å². The van der Waals surface area contributed by atoms with Crippen molar-refractivity contribution < 1.29 is 14.3 Å². The zero-order chi connectivity index (χ0) is 12.9. The minimum atomic E-state index is -0.0945. The number of hydrogen-bond acceptors (Lipinski definition) is 3. The Labute approximate surface area is 107 Å². The molecule has 0 aromatic heterocycles. The fourth-order valence-corrected chi connectivity index (χ4v) is 2.68.